The Labute approximate surface area is 176 Å². The molecule has 0 saturated carbocycles. The van der Waals surface area contributed by atoms with Gasteiger partial charge in [-0.05, 0) is 64.5 Å². The second-order valence-electron chi connectivity index (χ2n) is 7.25. The quantitative estimate of drug-likeness (QED) is 0.266. The second kappa shape index (κ2) is 6.36. The minimum absolute atomic E-state index is 1.09. The molecular weight excluding hydrogens is 420 g/mol. The van der Waals surface area contributed by atoms with Gasteiger partial charge in [-0.3, -0.25) is 0 Å². The summed E-state index contributed by atoms with van der Waals surface area (Å²) in [5.41, 5.74) is 5.99. The molecule has 0 aliphatic carbocycles. The summed E-state index contributed by atoms with van der Waals surface area (Å²) in [6, 6.07) is 34.4. The Morgan fingerprint density at radius 2 is 1.34 bits per heavy atom. The van der Waals surface area contributed by atoms with E-state index in [-0.39, 0.29) is 0 Å². The maximum atomic E-state index is 3.75. The van der Waals surface area contributed by atoms with Gasteiger partial charge in [-0.2, -0.15) is 0 Å². The Bertz CT molecular complexity index is 1510. The summed E-state index contributed by atoms with van der Waals surface area (Å²) in [6.45, 7) is 0. The molecule has 0 saturated heterocycles. The molecule has 2 nitrogen and oxygen atoms in total. The van der Waals surface area contributed by atoms with Crippen molar-refractivity contribution in [1.82, 2.24) is 9.13 Å². The molecular formula is C26H17BrN2. The standard InChI is InChI=1S/C26H17BrN2/c27-22-11-5-7-13-24(22)29-23-12-6-4-10-20(23)21-17-25-18(16-26(21)29)14-15-28(25)19-8-2-1-3-9-19/h1-17H. The van der Waals surface area contributed by atoms with Crippen LogP contribution in [0, 0.1) is 0 Å². The van der Waals surface area contributed by atoms with Gasteiger partial charge in [-0.25, -0.2) is 0 Å². The fraction of sp³-hybridized carbons (Fsp3) is 0. The lowest BCUT2D eigenvalue weighted by Crippen LogP contribution is -1.95. The third-order valence-corrected chi connectivity index (χ3v) is 6.28. The predicted octanol–water partition coefficient (Wildman–Crippen LogP) is 7.49. The number of nitrogens with zero attached hydrogens (tertiary/aromatic N) is 2. The monoisotopic (exact) mass is 436 g/mol. The molecule has 0 bridgehead atoms. The molecule has 29 heavy (non-hydrogen) atoms. The van der Waals surface area contributed by atoms with E-state index in [4.69, 9.17) is 0 Å². The number of para-hydroxylation sites is 3. The zero-order valence-electron chi connectivity index (χ0n) is 15.6. The van der Waals surface area contributed by atoms with Gasteiger partial charge in [0.25, 0.3) is 0 Å². The number of hydrogen-bond acceptors (Lipinski definition) is 0. The molecule has 0 radical (unpaired) electrons. The van der Waals surface area contributed by atoms with Crippen molar-refractivity contribution in [2.24, 2.45) is 0 Å². The van der Waals surface area contributed by atoms with Crippen LogP contribution in [-0.2, 0) is 0 Å². The molecule has 0 fully saturated rings. The number of fused-ring (bicyclic) bond motifs is 4. The first kappa shape index (κ1) is 16.6. The Morgan fingerprint density at radius 3 is 2.21 bits per heavy atom. The molecule has 6 rings (SSSR count). The van der Waals surface area contributed by atoms with Crippen LogP contribution in [-0.4, -0.2) is 9.13 Å². The van der Waals surface area contributed by atoms with Gasteiger partial charge in [0.15, 0.2) is 0 Å². The van der Waals surface area contributed by atoms with Crippen LogP contribution in [0.5, 0.6) is 0 Å². The smallest absolute Gasteiger partial charge is 0.0604 e. The first-order valence-electron chi connectivity index (χ1n) is 9.66. The Balaban J connectivity index is 1.75. The van der Waals surface area contributed by atoms with Crippen LogP contribution >= 0.6 is 15.9 Å². The number of aromatic nitrogens is 2. The highest BCUT2D eigenvalue weighted by Crippen LogP contribution is 2.37. The van der Waals surface area contributed by atoms with E-state index >= 15 is 0 Å². The molecule has 138 valence electrons. The summed E-state index contributed by atoms with van der Waals surface area (Å²) in [5, 5.41) is 3.76. The van der Waals surface area contributed by atoms with Gasteiger partial charge in [0.05, 0.1) is 22.2 Å². The van der Waals surface area contributed by atoms with Crippen LogP contribution in [0.4, 0.5) is 0 Å². The van der Waals surface area contributed by atoms with Crippen LogP contribution in [0.2, 0.25) is 0 Å². The van der Waals surface area contributed by atoms with Crippen LogP contribution in [0.1, 0.15) is 0 Å². The van der Waals surface area contributed by atoms with Crippen molar-refractivity contribution in [2.45, 2.75) is 0 Å². The molecule has 6 aromatic rings. The molecule has 2 aromatic heterocycles. The Hall–Kier alpha value is -3.30. The molecule has 0 atom stereocenters. The van der Waals surface area contributed by atoms with E-state index in [2.05, 4.69) is 128 Å². The zero-order chi connectivity index (χ0) is 19.4. The van der Waals surface area contributed by atoms with E-state index in [0.29, 0.717) is 0 Å². The van der Waals surface area contributed by atoms with E-state index in [1.54, 1.807) is 0 Å². The normalized spacial score (nSPS) is 11.6. The molecule has 4 aromatic carbocycles. The largest absolute Gasteiger partial charge is 0.317 e. The Kier molecular flexibility index (Phi) is 3.65. The van der Waals surface area contributed by atoms with Crippen molar-refractivity contribution in [2.75, 3.05) is 0 Å². The molecule has 0 aliphatic rings. The highest BCUT2D eigenvalue weighted by atomic mass is 79.9. The summed E-state index contributed by atoms with van der Waals surface area (Å²) >= 11 is 3.75. The van der Waals surface area contributed by atoms with E-state index in [9.17, 15) is 0 Å². The highest BCUT2D eigenvalue weighted by Gasteiger charge is 2.15. The van der Waals surface area contributed by atoms with Crippen LogP contribution < -0.4 is 0 Å². The van der Waals surface area contributed by atoms with Crippen molar-refractivity contribution in [3.05, 3.63) is 108 Å². The van der Waals surface area contributed by atoms with Gasteiger partial charge < -0.3 is 9.13 Å². The maximum Gasteiger partial charge on any atom is 0.0604 e. The fourth-order valence-corrected chi connectivity index (χ4v) is 4.77. The second-order valence-corrected chi connectivity index (χ2v) is 8.11. The molecule has 0 N–H and O–H groups in total. The van der Waals surface area contributed by atoms with E-state index in [1.807, 2.05) is 0 Å². The number of benzene rings is 4. The van der Waals surface area contributed by atoms with Crippen LogP contribution in [0.25, 0.3) is 44.1 Å². The molecule has 2 heterocycles. The van der Waals surface area contributed by atoms with Crippen molar-refractivity contribution in [1.29, 1.82) is 0 Å². The SMILES string of the molecule is Brc1ccccc1-n1c2ccccc2c2cc3c(ccn3-c3ccccc3)cc21. The average molecular weight is 437 g/mol. The van der Waals surface area contributed by atoms with Gasteiger partial charge in [0.1, 0.15) is 0 Å². The van der Waals surface area contributed by atoms with Crippen molar-refractivity contribution < 1.29 is 0 Å². The third-order valence-electron chi connectivity index (χ3n) is 5.61. The lowest BCUT2D eigenvalue weighted by molar-refractivity contribution is 1.13. The van der Waals surface area contributed by atoms with Crippen LogP contribution in [0.3, 0.4) is 0 Å². The van der Waals surface area contributed by atoms with Gasteiger partial charge in [-0.1, -0.05) is 48.5 Å². The lowest BCUT2D eigenvalue weighted by Gasteiger charge is -2.10. The van der Waals surface area contributed by atoms with Crippen molar-refractivity contribution in [3.63, 3.8) is 0 Å². The number of hydrogen-bond donors (Lipinski definition) is 0. The zero-order valence-corrected chi connectivity index (χ0v) is 17.2. The van der Waals surface area contributed by atoms with Crippen LogP contribution in [0.15, 0.2) is 108 Å². The maximum absolute atomic E-state index is 3.75. The van der Waals surface area contributed by atoms with Crippen molar-refractivity contribution >= 4 is 48.6 Å². The van der Waals surface area contributed by atoms with Crippen molar-refractivity contribution in [3.8, 4) is 11.4 Å². The highest BCUT2D eigenvalue weighted by molar-refractivity contribution is 9.10. The predicted molar refractivity (Wildman–Crippen MR) is 125 cm³/mol. The van der Waals surface area contributed by atoms with E-state index in [0.717, 1.165) is 10.2 Å². The number of rotatable bonds is 2. The van der Waals surface area contributed by atoms with E-state index in [1.165, 1.54) is 38.4 Å². The minimum atomic E-state index is 1.09. The van der Waals surface area contributed by atoms with Gasteiger partial charge >= 0.3 is 0 Å². The lowest BCUT2D eigenvalue weighted by atomic mass is 10.1. The topological polar surface area (TPSA) is 9.86 Å². The third kappa shape index (κ3) is 2.48. The Morgan fingerprint density at radius 1 is 0.586 bits per heavy atom. The average Bonchev–Trinajstić information content (AvgIpc) is 3.32. The number of halogens is 1. The van der Waals surface area contributed by atoms with E-state index < -0.39 is 0 Å². The molecule has 0 aliphatic heterocycles. The fourth-order valence-electron chi connectivity index (χ4n) is 4.30. The molecule has 0 amide bonds. The minimum Gasteiger partial charge on any atom is -0.317 e. The van der Waals surface area contributed by atoms with Gasteiger partial charge in [0.2, 0.25) is 0 Å². The molecule has 0 unspecified atom stereocenters. The summed E-state index contributed by atoms with van der Waals surface area (Å²) in [6.07, 6.45) is 2.16. The summed E-state index contributed by atoms with van der Waals surface area (Å²) in [5.74, 6) is 0. The summed E-state index contributed by atoms with van der Waals surface area (Å²) in [4.78, 5) is 0. The summed E-state index contributed by atoms with van der Waals surface area (Å²) < 4.78 is 5.71. The summed E-state index contributed by atoms with van der Waals surface area (Å²) in [7, 11) is 0. The first-order valence-corrected chi connectivity index (χ1v) is 10.5. The first-order chi connectivity index (χ1) is 14.3. The van der Waals surface area contributed by atoms with Gasteiger partial charge in [-0.15, -0.1) is 0 Å². The van der Waals surface area contributed by atoms with Gasteiger partial charge in [0, 0.05) is 32.5 Å². The molecule has 3 heteroatoms. The molecule has 0 spiro atoms.